The lowest BCUT2D eigenvalue weighted by Crippen LogP contribution is -2.25. The minimum Gasteiger partial charge on any atom is -0.381 e. The molecule has 3 heteroatoms. The lowest BCUT2D eigenvalue weighted by Gasteiger charge is -2.23. The van der Waals surface area contributed by atoms with Crippen molar-refractivity contribution in [3.05, 3.63) is 0 Å². The Labute approximate surface area is 85.4 Å². The third-order valence-corrected chi connectivity index (χ3v) is 3.50. The lowest BCUT2D eigenvalue weighted by atomic mass is 9.88. The van der Waals surface area contributed by atoms with Crippen molar-refractivity contribution in [2.24, 2.45) is 11.8 Å². The lowest BCUT2D eigenvalue weighted by molar-refractivity contribution is -0.130. The zero-order chi connectivity index (χ0) is 9.97. The fourth-order valence-electron chi connectivity index (χ4n) is 2.50. The maximum absolute atomic E-state index is 11.7. The Kier molecular flexibility index (Phi) is 3.06. The summed E-state index contributed by atoms with van der Waals surface area (Å²) in [4.78, 5) is 13.5. The average molecular weight is 197 g/mol. The van der Waals surface area contributed by atoms with Gasteiger partial charge in [-0.3, -0.25) is 4.79 Å². The Hall–Kier alpha value is -0.570. The molecule has 2 heterocycles. The topological polar surface area (TPSA) is 29.5 Å². The monoisotopic (exact) mass is 197 g/mol. The van der Waals surface area contributed by atoms with E-state index in [0.717, 1.165) is 51.4 Å². The number of hydrogen-bond acceptors (Lipinski definition) is 2. The third kappa shape index (κ3) is 2.08. The number of likely N-dealkylation sites (tertiary alicyclic amines) is 1. The summed E-state index contributed by atoms with van der Waals surface area (Å²) in [7, 11) is 1.91. The smallest absolute Gasteiger partial charge is 0.225 e. The third-order valence-electron chi connectivity index (χ3n) is 3.50. The van der Waals surface area contributed by atoms with Crippen molar-refractivity contribution in [1.29, 1.82) is 0 Å². The van der Waals surface area contributed by atoms with E-state index in [-0.39, 0.29) is 0 Å². The van der Waals surface area contributed by atoms with Gasteiger partial charge in [0.1, 0.15) is 0 Å². The van der Waals surface area contributed by atoms with Crippen molar-refractivity contribution in [3.63, 3.8) is 0 Å². The Morgan fingerprint density at radius 2 is 2.07 bits per heavy atom. The molecule has 80 valence electrons. The molecule has 1 amide bonds. The number of hydrogen-bond donors (Lipinski definition) is 0. The molecule has 2 aliphatic heterocycles. The van der Waals surface area contributed by atoms with Crippen LogP contribution in [0.25, 0.3) is 0 Å². The van der Waals surface area contributed by atoms with Crippen molar-refractivity contribution in [3.8, 4) is 0 Å². The van der Waals surface area contributed by atoms with Crippen LogP contribution in [0, 0.1) is 11.8 Å². The number of rotatable bonds is 2. The normalized spacial score (nSPS) is 29.9. The summed E-state index contributed by atoms with van der Waals surface area (Å²) in [6.07, 6.45) is 4.44. The van der Waals surface area contributed by atoms with Crippen LogP contribution in [0.2, 0.25) is 0 Å². The maximum Gasteiger partial charge on any atom is 0.225 e. The van der Waals surface area contributed by atoms with Gasteiger partial charge < -0.3 is 9.64 Å². The Morgan fingerprint density at radius 1 is 1.36 bits per heavy atom. The van der Waals surface area contributed by atoms with Gasteiger partial charge in [0.25, 0.3) is 0 Å². The number of ether oxygens (including phenoxy) is 1. The van der Waals surface area contributed by atoms with Crippen LogP contribution in [0.15, 0.2) is 0 Å². The first kappa shape index (κ1) is 9.97. The molecule has 0 saturated carbocycles. The van der Waals surface area contributed by atoms with Crippen LogP contribution >= 0.6 is 0 Å². The molecule has 2 aliphatic rings. The molecule has 0 aliphatic carbocycles. The Morgan fingerprint density at radius 3 is 2.64 bits per heavy atom. The predicted molar refractivity (Wildman–Crippen MR) is 53.9 cm³/mol. The van der Waals surface area contributed by atoms with Gasteiger partial charge in [-0.2, -0.15) is 0 Å². The van der Waals surface area contributed by atoms with Crippen molar-refractivity contribution in [1.82, 2.24) is 4.90 Å². The first-order chi connectivity index (χ1) is 6.77. The summed E-state index contributed by atoms with van der Waals surface area (Å²) in [5, 5.41) is 0. The highest BCUT2D eigenvalue weighted by molar-refractivity contribution is 5.80. The zero-order valence-electron chi connectivity index (χ0n) is 8.87. The quantitative estimate of drug-likeness (QED) is 0.667. The minimum atomic E-state index is 0.308. The van der Waals surface area contributed by atoms with E-state index < -0.39 is 0 Å². The van der Waals surface area contributed by atoms with E-state index in [0.29, 0.717) is 11.8 Å². The van der Waals surface area contributed by atoms with E-state index >= 15 is 0 Å². The minimum absolute atomic E-state index is 0.308. The first-order valence-electron chi connectivity index (χ1n) is 5.60. The molecule has 0 aromatic heterocycles. The van der Waals surface area contributed by atoms with Crippen molar-refractivity contribution in [2.75, 3.05) is 26.8 Å². The molecule has 2 rings (SSSR count). The van der Waals surface area contributed by atoms with Gasteiger partial charge in [-0.25, -0.2) is 0 Å². The highest BCUT2D eigenvalue weighted by Gasteiger charge is 2.31. The maximum atomic E-state index is 11.7. The molecule has 1 unspecified atom stereocenters. The van der Waals surface area contributed by atoms with Gasteiger partial charge in [-0.1, -0.05) is 0 Å². The molecule has 0 radical (unpaired) electrons. The van der Waals surface area contributed by atoms with Gasteiger partial charge in [0, 0.05) is 32.7 Å². The molecule has 3 nitrogen and oxygen atoms in total. The van der Waals surface area contributed by atoms with Crippen LogP contribution in [-0.2, 0) is 9.53 Å². The first-order valence-corrected chi connectivity index (χ1v) is 5.60. The van der Waals surface area contributed by atoms with Crippen molar-refractivity contribution in [2.45, 2.75) is 25.7 Å². The highest BCUT2D eigenvalue weighted by atomic mass is 16.5. The molecule has 0 aromatic rings. The molecule has 0 aromatic carbocycles. The van der Waals surface area contributed by atoms with Crippen molar-refractivity contribution < 1.29 is 9.53 Å². The van der Waals surface area contributed by atoms with E-state index in [9.17, 15) is 4.79 Å². The van der Waals surface area contributed by atoms with E-state index in [2.05, 4.69) is 0 Å². The molecule has 1 atom stereocenters. The second kappa shape index (κ2) is 4.30. The molecule has 2 fully saturated rings. The van der Waals surface area contributed by atoms with E-state index in [1.54, 1.807) is 0 Å². The largest absolute Gasteiger partial charge is 0.381 e. The van der Waals surface area contributed by atoms with Gasteiger partial charge in [-0.15, -0.1) is 0 Å². The van der Waals surface area contributed by atoms with Gasteiger partial charge in [0.15, 0.2) is 0 Å². The zero-order valence-corrected chi connectivity index (χ0v) is 8.87. The summed E-state index contributed by atoms with van der Waals surface area (Å²) in [6, 6.07) is 0. The number of nitrogens with zero attached hydrogens (tertiary/aromatic N) is 1. The van der Waals surface area contributed by atoms with Gasteiger partial charge >= 0.3 is 0 Å². The van der Waals surface area contributed by atoms with Gasteiger partial charge in [0.05, 0.1) is 0 Å². The number of amides is 1. The summed E-state index contributed by atoms with van der Waals surface area (Å²) in [6.45, 7) is 2.73. The molecular weight excluding hydrogens is 178 g/mol. The second-order valence-electron chi connectivity index (χ2n) is 4.54. The Bertz CT molecular complexity index is 211. The molecule has 14 heavy (non-hydrogen) atoms. The SMILES string of the molecule is CN1CCC(CC2CCOCC2)C1=O. The van der Waals surface area contributed by atoms with Crippen molar-refractivity contribution >= 4 is 5.91 Å². The summed E-state index contributed by atoms with van der Waals surface area (Å²) in [5.74, 6) is 1.39. The Balaban J connectivity index is 1.82. The van der Waals surface area contributed by atoms with Crippen LogP contribution in [0.3, 0.4) is 0 Å². The fourth-order valence-corrected chi connectivity index (χ4v) is 2.50. The van der Waals surface area contributed by atoms with Crippen LogP contribution in [-0.4, -0.2) is 37.6 Å². The fraction of sp³-hybridized carbons (Fsp3) is 0.909. The van der Waals surface area contributed by atoms with E-state index in [1.165, 1.54) is 0 Å². The second-order valence-corrected chi connectivity index (χ2v) is 4.54. The standard InChI is InChI=1S/C11H19NO2/c1-12-5-2-10(11(12)13)8-9-3-6-14-7-4-9/h9-10H,2-8H2,1H3. The molecule has 0 N–H and O–H groups in total. The number of carbonyl (C=O) groups is 1. The molecule has 0 spiro atoms. The summed E-state index contributed by atoms with van der Waals surface area (Å²) < 4.78 is 5.32. The predicted octanol–water partition coefficient (Wildman–Crippen LogP) is 1.28. The van der Waals surface area contributed by atoms with Crippen LogP contribution in [0.4, 0.5) is 0 Å². The van der Waals surface area contributed by atoms with Crippen LogP contribution in [0.1, 0.15) is 25.7 Å². The molecule has 2 saturated heterocycles. The summed E-state index contributed by atoms with van der Waals surface area (Å²) >= 11 is 0. The van der Waals surface area contributed by atoms with Gasteiger partial charge in [-0.05, 0) is 31.6 Å². The summed E-state index contributed by atoms with van der Waals surface area (Å²) in [5.41, 5.74) is 0. The number of carbonyl (C=O) groups excluding carboxylic acids is 1. The van der Waals surface area contributed by atoms with Gasteiger partial charge in [0.2, 0.25) is 5.91 Å². The molecular formula is C11H19NO2. The van der Waals surface area contributed by atoms with E-state index in [4.69, 9.17) is 4.74 Å². The van der Waals surface area contributed by atoms with E-state index in [1.807, 2.05) is 11.9 Å². The average Bonchev–Trinajstić information content (AvgIpc) is 2.52. The molecule has 0 bridgehead atoms. The van der Waals surface area contributed by atoms with Crippen LogP contribution in [0.5, 0.6) is 0 Å². The van der Waals surface area contributed by atoms with Crippen LogP contribution < -0.4 is 0 Å². The highest BCUT2D eigenvalue weighted by Crippen LogP contribution is 2.28.